The molecule has 0 atom stereocenters. The van der Waals surface area contributed by atoms with Crippen molar-refractivity contribution >= 4 is 18.3 Å². The van der Waals surface area contributed by atoms with Crippen LogP contribution in [-0.4, -0.2) is 18.0 Å². The Hall–Kier alpha value is -1.06. The van der Waals surface area contributed by atoms with Gasteiger partial charge in [-0.2, -0.15) is 0 Å². The van der Waals surface area contributed by atoms with Crippen molar-refractivity contribution < 1.29 is 4.79 Å². The molecular formula is C17H29ClN2O. The maximum absolute atomic E-state index is 12.5. The number of amides is 1. The minimum atomic E-state index is -0.546. The van der Waals surface area contributed by atoms with Gasteiger partial charge in [0.2, 0.25) is 5.91 Å². The summed E-state index contributed by atoms with van der Waals surface area (Å²) in [7, 11) is 0. The summed E-state index contributed by atoms with van der Waals surface area (Å²) in [6.45, 7) is 10.6. The fourth-order valence-corrected chi connectivity index (χ4v) is 2.08. The predicted octanol–water partition coefficient (Wildman–Crippen LogP) is 3.33. The Morgan fingerprint density at radius 3 is 2.05 bits per heavy atom. The first-order chi connectivity index (χ1) is 9.25. The Labute approximate surface area is 135 Å². The molecular weight excluding hydrogens is 284 g/mol. The van der Waals surface area contributed by atoms with Crippen LogP contribution < -0.4 is 11.1 Å². The molecule has 0 bridgehead atoms. The molecule has 0 saturated carbocycles. The highest BCUT2D eigenvalue weighted by atomic mass is 35.5. The number of hydrogen-bond donors (Lipinski definition) is 2. The first kappa shape index (κ1) is 19.9. The number of rotatable bonds is 6. The van der Waals surface area contributed by atoms with Gasteiger partial charge in [-0.3, -0.25) is 4.79 Å². The molecule has 0 saturated heterocycles. The van der Waals surface area contributed by atoms with E-state index in [2.05, 4.69) is 19.2 Å². The van der Waals surface area contributed by atoms with Crippen molar-refractivity contribution in [3.63, 3.8) is 0 Å². The molecule has 1 aromatic carbocycles. The van der Waals surface area contributed by atoms with Gasteiger partial charge in [-0.15, -0.1) is 12.4 Å². The van der Waals surface area contributed by atoms with Gasteiger partial charge < -0.3 is 11.1 Å². The number of nitrogens with one attached hydrogen (secondary N) is 1. The normalized spacial score (nSPS) is 11.7. The topological polar surface area (TPSA) is 55.1 Å². The van der Waals surface area contributed by atoms with Crippen molar-refractivity contribution in [3.8, 4) is 0 Å². The third kappa shape index (κ3) is 5.01. The quantitative estimate of drug-likeness (QED) is 0.846. The highest BCUT2D eigenvalue weighted by Gasteiger charge is 2.31. The average molecular weight is 313 g/mol. The molecule has 0 unspecified atom stereocenters. The van der Waals surface area contributed by atoms with Gasteiger partial charge in [0, 0.05) is 12.1 Å². The Morgan fingerprint density at radius 2 is 1.62 bits per heavy atom. The van der Waals surface area contributed by atoms with E-state index < -0.39 is 5.41 Å². The highest BCUT2D eigenvalue weighted by molar-refractivity contribution is 5.87. The maximum Gasteiger partial charge on any atom is 0.230 e. The molecule has 1 rings (SSSR count). The lowest BCUT2D eigenvalue weighted by Crippen LogP contribution is -2.52. The number of benzene rings is 1. The molecule has 120 valence electrons. The summed E-state index contributed by atoms with van der Waals surface area (Å²) in [6, 6.07) is 8.11. The van der Waals surface area contributed by atoms with Gasteiger partial charge in [0.05, 0.1) is 5.41 Å². The van der Waals surface area contributed by atoms with Gasteiger partial charge in [-0.05, 0) is 39.2 Å². The molecule has 21 heavy (non-hydrogen) atoms. The molecule has 0 aromatic heterocycles. The van der Waals surface area contributed by atoms with E-state index in [0.29, 0.717) is 6.54 Å². The third-order valence-electron chi connectivity index (χ3n) is 4.35. The zero-order chi connectivity index (χ0) is 15.4. The first-order valence-electron chi connectivity index (χ1n) is 7.39. The Bertz CT molecular complexity index is 450. The van der Waals surface area contributed by atoms with Crippen LogP contribution in [0.2, 0.25) is 0 Å². The summed E-state index contributed by atoms with van der Waals surface area (Å²) in [4.78, 5) is 12.5. The SMILES string of the molecule is CCC(N)(CC)CNC(=O)C(C)(C)c1ccc(C)cc1.Cl. The van der Waals surface area contributed by atoms with Crippen LogP contribution in [0.5, 0.6) is 0 Å². The van der Waals surface area contributed by atoms with E-state index in [1.54, 1.807) is 0 Å². The minimum Gasteiger partial charge on any atom is -0.354 e. The van der Waals surface area contributed by atoms with E-state index in [4.69, 9.17) is 5.73 Å². The summed E-state index contributed by atoms with van der Waals surface area (Å²) in [5.41, 5.74) is 7.60. The lowest BCUT2D eigenvalue weighted by atomic mass is 9.83. The molecule has 0 aliphatic rings. The van der Waals surface area contributed by atoms with E-state index in [1.165, 1.54) is 5.56 Å². The summed E-state index contributed by atoms with van der Waals surface area (Å²) in [6.07, 6.45) is 1.71. The zero-order valence-electron chi connectivity index (χ0n) is 13.8. The van der Waals surface area contributed by atoms with Gasteiger partial charge in [0.15, 0.2) is 0 Å². The molecule has 0 aliphatic heterocycles. The van der Waals surface area contributed by atoms with Gasteiger partial charge >= 0.3 is 0 Å². The van der Waals surface area contributed by atoms with Crippen molar-refractivity contribution in [1.29, 1.82) is 0 Å². The molecule has 0 fully saturated rings. The number of nitrogens with two attached hydrogens (primary N) is 1. The van der Waals surface area contributed by atoms with Crippen LogP contribution in [0.25, 0.3) is 0 Å². The lowest BCUT2D eigenvalue weighted by molar-refractivity contribution is -0.125. The Kier molecular flexibility index (Phi) is 7.41. The zero-order valence-corrected chi connectivity index (χ0v) is 14.6. The fourth-order valence-electron chi connectivity index (χ4n) is 2.08. The molecule has 0 heterocycles. The molecule has 3 nitrogen and oxygen atoms in total. The van der Waals surface area contributed by atoms with Crippen LogP contribution in [0.3, 0.4) is 0 Å². The van der Waals surface area contributed by atoms with E-state index in [9.17, 15) is 4.79 Å². The summed E-state index contributed by atoms with van der Waals surface area (Å²) >= 11 is 0. The fraction of sp³-hybridized carbons (Fsp3) is 0.588. The van der Waals surface area contributed by atoms with Crippen molar-refractivity contribution in [2.24, 2.45) is 5.73 Å². The summed E-state index contributed by atoms with van der Waals surface area (Å²) in [5, 5.41) is 3.01. The molecule has 4 heteroatoms. The van der Waals surface area contributed by atoms with Crippen LogP contribution in [0.4, 0.5) is 0 Å². The minimum absolute atomic E-state index is 0. The van der Waals surface area contributed by atoms with E-state index >= 15 is 0 Å². The summed E-state index contributed by atoms with van der Waals surface area (Å²) in [5.74, 6) is 0.0260. The van der Waals surface area contributed by atoms with Gasteiger partial charge in [0.1, 0.15) is 0 Å². The number of halogens is 1. The van der Waals surface area contributed by atoms with Crippen LogP contribution >= 0.6 is 12.4 Å². The van der Waals surface area contributed by atoms with E-state index in [0.717, 1.165) is 18.4 Å². The van der Waals surface area contributed by atoms with Crippen molar-refractivity contribution in [2.45, 2.75) is 58.4 Å². The number of carbonyl (C=O) groups excluding carboxylic acids is 1. The standard InChI is InChI=1S/C17H28N2O.ClH/c1-6-17(18,7-2)12-19-15(20)16(4,5)14-10-8-13(3)9-11-14;/h8-11H,6-7,12,18H2,1-5H3,(H,19,20);1H. The molecule has 1 aromatic rings. The van der Waals surface area contributed by atoms with Crippen molar-refractivity contribution in [3.05, 3.63) is 35.4 Å². The second-order valence-electron chi connectivity index (χ2n) is 6.24. The monoisotopic (exact) mass is 312 g/mol. The Balaban J connectivity index is 0.00000400. The van der Waals surface area contributed by atoms with Gasteiger partial charge in [0.25, 0.3) is 0 Å². The van der Waals surface area contributed by atoms with Crippen LogP contribution in [-0.2, 0) is 10.2 Å². The molecule has 0 radical (unpaired) electrons. The number of aryl methyl sites for hydroxylation is 1. The highest BCUT2D eigenvalue weighted by Crippen LogP contribution is 2.24. The average Bonchev–Trinajstić information content (AvgIpc) is 2.44. The summed E-state index contributed by atoms with van der Waals surface area (Å²) < 4.78 is 0. The number of hydrogen-bond acceptors (Lipinski definition) is 2. The third-order valence-corrected chi connectivity index (χ3v) is 4.35. The van der Waals surface area contributed by atoms with Crippen molar-refractivity contribution in [2.75, 3.05) is 6.54 Å². The van der Waals surface area contributed by atoms with Gasteiger partial charge in [-0.25, -0.2) is 0 Å². The largest absolute Gasteiger partial charge is 0.354 e. The number of carbonyl (C=O) groups is 1. The van der Waals surface area contributed by atoms with Crippen LogP contribution in [0.15, 0.2) is 24.3 Å². The molecule has 3 N–H and O–H groups in total. The lowest BCUT2D eigenvalue weighted by Gasteiger charge is -2.30. The van der Waals surface area contributed by atoms with Crippen molar-refractivity contribution in [1.82, 2.24) is 5.32 Å². The first-order valence-corrected chi connectivity index (χ1v) is 7.39. The maximum atomic E-state index is 12.5. The van der Waals surface area contributed by atoms with Crippen LogP contribution in [0, 0.1) is 6.92 Å². The Morgan fingerprint density at radius 1 is 1.14 bits per heavy atom. The van der Waals surface area contributed by atoms with Crippen LogP contribution in [0.1, 0.15) is 51.7 Å². The molecule has 1 amide bonds. The van der Waals surface area contributed by atoms with Gasteiger partial charge in [-0.1, -0.05) is 43.7 Å². The smallest absolute Gasteiger partial charge is 0.230 e. The second-order valence-corrected chi connectivity index (χ2v) is 6.24. The van der Waals surface area contributed by atoms with E-state index in [1.807, 2.05) is 45.0 Å². The second kappa shape index (κ2) is 7.81. The predicted molar refractivity (Wildman–Crippen MR) is 92.0 cm³/mol. The molecule has 0 spiro atoms. The van der Waals surface area contributed by atoms with E-state index in [-0.39, 0.29) is 23.9 Å². The molecule has 0 aliphatic carbocycles.